The molecule has 2 amide bonds. The van der Waals surface area contributed by atoms with Crippen LogP contribution in [0.2, 0.25) is 0 Å². The summed E-state index contributed by atoms with van der Waals surface area (Å²) in [5, 5.41) is 9.82. The maximum Gasteiger partial charge on any atom is 0.269 e. The maximum atomic E-state index is 14.9. The van der Waals surface area contributed by atoms with E-state index in [1.54, 1.807) is 47.1 Å². The van der Waals surface area contributed by atoms with Gasteiger partial charge in [-0.25, -0.2) is 18.5 Å². The van der Waals surface area contributed by atoms with Crippen LogP contribution in [-0.4, -0.2) is 40.1 Å². The topological polar surface area (TPSA) is 97.6 Å². The highest BCUT2D eigenvalue weighted by molar-refractivity contribution is 6.20. The fraction of sp³-hybridized carbons (Fsp3) is 0.200. The Kier molecular flexibility index (Phi) is 6.59. The van der Waals surface area contributed by atoms with Crippen molar-refractivity contribution in [3.63, 3.8) is 0 Å². The van der Waals surface area contributed by atoms with Crippen molar-refractivity contribution in [3.8, 4) is 17.1 Å². The van der Waals surface area contributed by atoms with Gasteiger partial charge in [0.2, 0.25) is 12.0 Å². The Hall–Kier alpha value is -4.86. The second kappa shape index (κ2) is 10.4. The van der Waals surface area contributed by atoms with Gasteiger partial charge in [0.05, 0.1) is 24.0 Å². The quantitative estimate of drug-likeness (QED) is 0.375. The van der Waals surface area contributed by atoms with Gasteiger partial charge in [-0.2, -0.15) is 5.10 Å². The van der Waals surface area contributed by atoms with E-state index in [-0.39, 0.29) is 34.4 Å². The number of aromatic nitrogens is 2. The lowest BCUT2D eigenvalue weighted by Gasteiger charge is -2.15. The lowest BCUT2D eigenvalue weighted by atomic mass is 10.0. The van der Waals surface area contributed by atoms with Crippen molar-refractivity contribution in [1.82, 2.24) is 15.1 Å². The summed E-state index contributed by atoms with van der Waals surface area (Å²) in [5.74, 6) is -2.45. The molecule has 1 aromatic heterocycles. The summed E-state index contributed by atoms with van der Waals surface area (Å²) in [4.78, 5) is 31.8. The first-order valence-corrected chi connectivity index (χ1v) is 13.0. The van der Waals surface area contributed by atoms with E-state index >= 15 is 0 Å². The largest absolute Gasteiger partial charge is 0.477 e. The lowest BCUT2D eigenvalue weighted by Crippen LogP contribution is -2.42. The molecule has 0 spiro atoms. The predicted octanol–water partition coefficient (Wildman–Crippen LogP) is 5.11. The van der Waals surface area contributed by atoms with Crippen molar-refractivity contribution in [2.45, 2.75) is 32.0 Å². The van der Waals surface area contributed by atoms with Gasteiger partial charge < -0.3 is 15.4 Å². The van der Waals surface area contributed by atoms with Crippen LogP contribution in [0.15, 0.2) is 77.8 Å². The minimum Gasteiger partial charge on any atom is -0.477 e. The second-order valence-electron chi connectivity index (χ2n) is 9.66. The van der Waals surface area contributed by atoms with Crippen molar-refractivity contribution in [2.24, 2.45) is 4.99 Å². The van der Waals surface area contributed by atoms with Crippen molar-refractivity contribution in [2.75, 3.05) is 11.9 Å². The molecule has 3 heterocycles. The van der Waals surface area contributed by atoms with Crippen LogP contribution in [0.4, 0.5) is 14.5 Å². The third-order valence-electron chi connectivity index (χ3n) is 6.98. The molecule has 202 valence electrons. The number of fused-ring (bicyclic) bond motifs is 2. The van der Waals surface area contributed by atoms with Crippen molar-refractivity contribution >= 4 is 23.2 Å². The normalized spacial score (nSPS) is 18.3. The molecule has 0 aliphatic carbocycles. The minimum atomic E-state index is -1.43. The van der Waals surface area contributed by atoms with E-state index in [2.05, 4.69) is 20.7 Å². The maximum absolute atomic E-state index is 14.9. The van der Waals surface area contributed by atoms with Gasteiger partial charge in [-0.05, 0) is 38.0 Å². The van der Waals surface area contributed by atoms with Crippen LogP contribution in [0.25, 0.3) is 11.3 Å². The van der Waals surface area contributed by atoms with Crippen LogP contribution in [0.3, 0.4) is 0 Å². The third kappa shape index (κ3) is 4.51. The van der Waals surface area contributed by atoms with Crippen LogP contribution >= 0.6 is 0 Å². The van der Waals surface area contributed by atoms with Crippen LogP contribution in [0.1, 0.15) is 47.3 Å². The molecule has 0 bridgehead atoms. The van der Waals surface area contributed by atoms with Crippen molar-refractivity contribution in [1.29, 1.82) is 0 Å². The minimum absolute atomic E-state index is 0.00365. The lowest BCUT2D eigenvalue weighted by molar-refractivity contribution is -0.117. The van der Waals surface area contributed by atoms with Gasteiger partial charge >= 0.3 is 0 Å². The number of amides is 2. The predicted molar refractivity (Wildman–Crippen MR) is 145 cm³/mol. The molecular formula is C30H25F2N5O3. The number of hydrogen-bond acceptors (Lipinski definition) is 5. The van der Waals surface area contributed by atoms with Gasteiger partial charge in [0.1, 0.15) is 22.9 Å². The molecule has 8 nitrogen and oxygen atoms in total. The molecule has 10 heteroatoms. The number of ether oxygens (including phenoxy) is 1. The summed E-state index contributed by atoms with van der Waals surface area (Å²) in [7, 11) is 0. The average molecular weight is 542 g/mol. The highest BCUT2D eigenvalue weighted by Gasteiger charge is 2.34. The first-order chi connectivity index (χ1) is 19.4. The average Bonchev–Trinajstić information content (AvgIpc) is 3.16. The Morgan fingerprint density at radius 2 is 1.73 bits per heavy atom. The van der Waals surface area contributed by atoms with E-state index < -0.39 is 29.6 Å². The van der Waals surface area contributed by atoms with Gasteiger partial charge in [0.15, 0.2) is 0 Å². The summed E-state index contributed by atoms with van der Waals surface area (Å²) in [6.07, 6.45) is 0.0772. The Morgan fingerprint density at radius 3 is 2.52 bits per heavy atom. The Bertz CT molecular complexity index is 1650. The Labute approximate surface area is 228 Å². The summed E-state index contributed by atoms with van der Waals surface area (Å²) >= 11 is 0. The SMILES string of the molecule is CC1CCCOc2c(C(=O)N[C@H]3N=C(c4ccccc4)c4cccc(F)c4NC3=O)c(-c3ccccc3F)nn21. The van der Waals surface area contributed by atoms with Crippen LogP contribution in [0.5, 0.6) is 5.88 Å². The van der Waals surface area contributed by atoms with Gasteiger partial charge in [0.25, 0.3) is 11.8 Å². The summed E-state index contributed by atoms with van der Waals surface area (Å²) in [5.41, 5.74) is 1.51. The van der Waals surface area contributed by atoms with E-state index in [1.807, 2.05) is 13.0 Å². The highest BCUT2D eigenvalue weighted by atomic mass is 19.1. The van der Waals surface area contributed by atoms with Gasteiger partial charge in [-0.15, -0.1) is 0 Å². The Morgan fingerprint density at radius 1 is 1.00 bits per heavy atom. The summed E-state index contributed by atoms with van der Waals surface area (Å²) < 4.78 is 37.3. The van der Waals surface area contributed by atoms with Crippen LogP contribution in [0, 0.1) is 11.6 Å². The number of carbonyl (C=O) groups is 2. The molecule has 0 fully saturated rings. The van der Waals surface area contributed by atoms with Crippen molar-refractivity contribution < 1.29 is 23.1 Å². The molecule has 2 aliphatic rings. The number of para-hydroxylation sites is 1. The summed E-state index contributed by atoms with van der Waals surface area (Å²) in [6.45, 7) is 2.29. The van der Waals surface area contributed by atoms with E-state index in [0.29, 0.717) is 23.4 Å². The molecule has 2 aliphatic heterocycles. The van der Waals surface area contributed by atoms with E-state index in [9.17, 15) is 18.4 Å². The fourth-order valence-corrected chi connectivity index (χ4v) is 4.99. The number of aliphatic imine (C=N–C) groups is 1. The van der Waals surface area contributed by atoms with Gasteiger partial charge in [-0.3, -0.25) is 9.59 Å². The number of hydrogen-bond donors (Lipinski definition) is 2. The van der Waals surface area contributed by atoms with Crippen molar-refractivity contribution in [3.05, 3.63) is 101 Å². The number of anilines is 1. The van der Waals surface area contributed by atoms with E-state index in [4.69, 9.17) is 4.74 Å². The molecule has 0 saturated heterocycles. The molecule has 0 saturated carbocycles. The van der Waals surface area contributed by atoms with Gasteiger partial charge in [0, 0.05) is 16.7 Å². The number of halogens is 2. The molecular weight excluding hydrogens is 516 g/mol. The molecule has 1 unspecified atom stereocenters. The molecule has 6 rings (SSSR count). The van der Waals surface area contributed by atoms with E-state index in [0.717, 1.165) is 12.8 Å². The number of nitrogens with one attached hydrogen (secondary N) is 2. The first kappa shape index (κ1) is 25.4. The third-order valence-corrected chi connectivity index (χ3v) is 6.98. The number of nitrogens with zero attached hydrogens (tertiary/aromatic N) is 3. The zero-order valence-corrected chi connectivity index (χ0v) is 21.5. The monoisotopic (exact) mass is 541 g/mol. The zero-order valence-electron chi connectivity index (χ0n) is 21.5. The highest BCUT2D eigenvalue weighted by Crippen LogP contribution is 2.37. The molecule has 0 radical (unpaired) electrons. The molecule has 40 heavy (non-hydrogen) atoms. The Balaban J connectivity index is 1.45. The van der Waals surface area contributed by atoms with Gasteiger partial charge in [-0.1, -0.05) is 54.6 Å². The zero-order chi connectivity index (χ0) is 27.8. The van der Waals surface area contributed by atoms with Crippen LogP contribution < -0.4 is 15.4 Å². The second-order valence-corrected chi connectivity index (χ2v) is 9.66. The molecule has 2 atom stereocenters. The number of rotatable bonds is 4. The smallest absolute Gasteiger partial charge is 0.269 e. The number of carbonyl (C=O) groups excluding carboxylic acids is 2. The fourth-order valence-electron chi connectivity index (χ4n) is 4.99. The molecule has 2 N–H and O–H groups in total. The standard InChI is InChI=1S/C30H25F2N5O3/c1-17-9-8-16-40-30-23(26(36-37(17)30)19-12-5-6-14-21(19)31)28(38)35-27-29(39)34-25-20(13-7-15-22(25)32)24(33-27)18-10-3-2-4-11-18/h2-7,10-15,17,27H,8-9,16H2,1H3,(H,34,39)(H,35,38)/t17?,27-/m1/s1. The summed E-state index contributed by atoms with van der Waals surface area (Å²) in [6, 6.07) is 19.3. The van der Waals surface area contributed by atoms with E-state index in [1.165, 1.54) is 24.3 Å². The van der Waals surface area contributed by atoms with Crippen LogP contribution in [-0.2, 0) is 4.79 Å². The molecule has 4 aromatic rings. The number of benzene rings is 3. The number of benzodiazepines with no additional fused rings is 1. The molecule has 3 aromatic carbocycles. The first-order valence-electron chi connectivity index (χ1n) is 13.0.